The second-order valence-electron chi connectivity index (χ2n) is 7.35. The zero-order valence-electron chi connectivity index (χ0n) is 16.7. The first-order valence-electron chi connectivity index (χ1n) is 9.58. The number of rotatable bonds is 5. The Morgan fingerprint density at radius 1 is 1.00 bits per heavy atom. The highest BCUT2D eigenvalue weighted by Gasteiger charge is 2.32. The average molecular weight is 423 g/mol. The minimum atomic E-state index is -3.35. The van der Waals surface area contributed by atoms with Gasteiger partial charge in [0.1, 0.15) is 11.5 Å². The van der Waals surface area contributed by atoms with Crippen LogP contribution in [-0.4, -0.2) is 26.6 Å². The van der Waals surface area contributed by atoms with E-state index < -0.39 is 10.0 Å². The molecule has 3 aromatic rings. The lowest BCUT2D eigenvalue weighted by Crippen LogP contribution is -2.34. The van der Waals surface area contributed by atoms with E-state index in [9.17, 15) is 13.2 Å². The first kappa shape index (κ1) is 20.0. The standard InChI is InChI=1S/C23H22N2O4S/c1-16-14-18-15-17(8-13-22(18)25(16)30(2,27)28)23(26)24-19-9-11-21(12-10-19)29-20-6-4-3-5-7-20/h3-13,15-16H,14H2,1-2H3,(H,24,26)/t16-/m0/s1. The lowest BCUT2D eigenvalue weighted by atomic mass is 10.1. The quantitative estimate of drug-likeness (QED) is 0.659. The van der Waals surface area contributed by atoms with Gasteiger partial charge in [0, 0.05) is 17.3 Å². The Labute approximate surface area is 176 Å². The molecule has 7 heteroatoms. The number of anilines is 2. The van der Waals surface area contributed by atoms with Crippen LogP contribution in [0.5, 0.6) is 11.5 Å². The molecular weight excluding hydrogens is 400 g/mol. The average Bonchev–Trinajstić information content (AvgIpc) is 3.05. The fourth-order valence-corrected chi connectivity index (χ4v) is 4.95. The number of nitrogens with one attached hydrogen (secondary N) is 1. The maximum Gasteiger partial charge on any atom is 0.255 e. The third kappa shape index (κ3) is 4.16. The van der Waals surface area contributed by atoms with Crippen LogP contribution in [0.4, 0.5) is 11.4 Å². The Morgan fingerprint density at radius 3 is 2.33 bits per heavy atom. The topological polar surface area (TPSA) is 75.7 Å². The first-order valence-corrected chi connectivity index (χ1v) is 11.4. The third-order valence-electron chi connectivity index (χ3n) is 4.94. The zero-order valence-corrected chi connectivity index (χ0v) is 17.5. The Kier molecular flexibility index (Phi) is 5.22. The Morgan fingerprint density at radius 2 is 1.67 bits per heavy atom. The van der Waals surface area contributed by atoms with Crippen molar-refractivity contribution in [1.29, 1.82) is 0 Å². The summed E-state index contributed by atoms with van der Waals surface area (Å²) in [6.45, 7) is 1.86. The van der Waals surface area contributed by atoms with Crippen LogP contribution < -0.4 is 14.4 Å². The molecule has 1 heterocycles. The highest BCUT2D eigenvalue weighted by atomic mass is 32.2. The van der Waals surface area contributed by atoms with Gasteiger partial charge in [-0.15, -0.1) is 0 Å². The maximum atomic E-state index is 12.7. The minimum Gasteiger partial charge on any atom is -0.457 e. The van der Waals surface area contributed by atoms with Crippen molar-refractivity contribution in [3.05, 3.63) is 83.9 Å². The number of hydrogen-bond acceptors (Lipinski definition) is 4. The second-order valence-corrected chi connectivity index (χ2v) is 9.21. The Balaban J connectivity index is 1.46. The van der Waals surface area contributed by atoms with Crippen LogP contribution in [0, 0.1) is 0 Å². The van der Waals surface area contributed by atoms with E-state index in [1.807, 2.05) is 37.3 Å². The number of hydrogen-bond donors (Lipinski definition) is 1. The molecule has 0 saturated carbocycles. The van der Waals surface area contributed by atoms with E-state index in [4.69, 9.17) is 4.74 Å². The summed E-state index contributed by atoms with van der Waals surface area (Å²) in [4.78, 5) is 12.7. The number of amides is 1. The summed E-state index contributed by atoms with van der Waals surface area (Å²) in [7, 11) is -3.35. The molecule has 0 bridgehead atoms. The van der Waals surface area contributed by atoms with Gasteiger partial charge >= 0.3 is 0 Å². The van der Waals surface area contributed by atoms with Crippen LogP contribution in [0.3, 0.4) is 0 Å². The Bertz CT molecular complexity index is 1180. The van der Waals surface area contributed by atoms with E-state index in [1.54, 1.807) is 42.5 Å². The molecule has 154 valence electrons. The monoisotopic (exact) mass is 422 g/mol. The highest BCUT2D eigenvalue weighted by Crippen LogP contribution is 2.35. The first-order chi connectivity index (χ1) is 14.3. The molecule has 0 saturated heterocycles. The van der Waals surface area contributed by atoms with Crippen LogP contribution in [-0.2, 0) is 16.4 Å². The molecule has 1 amide bonds. The van der Waals surface area contributed by atoms with Gasteiger partial charge in [-0.25, -0.2) is 8.42 Å². The molecule has 6 nitrogen and oxygen atoms in total. The predicted molar refractivity (Wildman–Crippen MR) is 118 cm³/mol. The van der Waals surface area contributed by atoms with Gasteiger partial charge in [0.05, 0.1) is 11.9 Å². The fraction of sp³-hybridized carbons (Fsp3) is 0.174. The second kappa shape index (κ2) is 7.84. The highest BCUT2D eigenvalue weighted by molar-refractivity contribution is 7.92. The third-order valence-corrected chi connectivity index (χ3v) is 6.21. The van der Waals surface area contributed by atoms with Gasteiger partial charge in [0.2, 0.25) is 10.0 Å². The molecule has 0 fully saturated rings. The van der Waals surface area contributed by atoms with Crippen LogP contribution in [0.25, 0.3) is 0 Å². The van der Waals surface area contributed by atoms with Crippen molar-refractivity contribution in [3.8, 4) is 11.5 Å². The number of sulfonamides is 1. The fourth-order valence-electron chi connectivity index (χ4n) is 3.68. The smallest absolute Gasteiger partial charge is 0.255 e. The summed E-state index contributed by atoms with van der Waals surface area (Å²) in [6.07, 6.45) is 1.78. The van der Waals surface area contributed by atoms with Crippen molar-refractivity contribution in [2.45, 2.75) is 19.4 Å². The lowest BCUT2D eigenvalue weighted by molar-refractivity contribution is 0.102. The molecule has 30 heavy (non-hydrogen) atoms. The molecule has 4 rings (SSSR count). The summed E-state index contributed by atoms with van der Waals surface area (Å²) in [5.41, 5.74) is 2.63. The zero-order chi connectivity index (χ0) is 21.3. The van der Waals surface area contributed by atoms with Crippen LogP contribution in [0.1, 0.15) is 22.8 Å². The lowest BCUT2D eigenvalue weighted by Gasteiger charge is -2.21. The van der Waals surface area contributed by atoms with Crippen molar-refractivity contribution in [1.82, 2.24) is 0 Å². The molecule has 3 aromatic carbocycles. The molecule has 1 aliphatic rings. The maximum absolute atomic E-state index is 12.7. The van der Waals surface area contributed by atoms with Gasteiger partial charge in [0.25, 0.3) is 5.91 Å². The van der Waals surface area contributed by atoms with Crippen LogP contribution >= 0.6 is 0 Å². The van der Waals surface area contributed by atoms with Gasteiger partial charge in [0.15, 0.2) is 0 Å². The summed E-state index contributed by atoms with van der Waals surface area (Å²) in [5.74, 6) is 1.16. The van der Waals surface area contributed by atoms with Crippen LogP contribution in [0.15, 0.2) is 72.8 Å². The van der Waals surface area contributed by atoms with E-state index in [-0.39, 0.29) is 11.9 Å². The van der Waals surface area contributed by atoms with Crippen molar-refractivity contribution in [3.63, 3.8) is 0 Å². The van der Waals surface area contributed by atoms with Crippen molar-refractivity contribution >= 4 is 27.3 Å². The van der Waals surface area contributed by atoms with Gasteiger partial charge < -0.3 is 10.1 Å². The van der Waals surface area contributed by atoms with Crippen LogP contribution in [0.2, 0.25) is 0 Å². The normalized spacial score (nSPS) is 15.5. The predicted octanol–water partition coefficient (Wildman–Crippen LogP) is 4.44. The summed E-state index contributed by atoms with van der Waals surface area (Å²) in [5, 5.41) is 2.87. The number of carbonyl (C=O) groups is 1. The molecule has 0 unspecified atom stereocenters. The molecular formula is C23H22N2O4S. The molecule has 1 atom stereocenters. The largest absolute Gasteiger partial charge is 0.457 e. The molecule has 0 spiro atoms. The number of fused-ring (bicyclic) bond motifs is 1. The van der Waals surface area contributed by atoms with Gasteiger partial charge in [-0.2, -0.15) is 0 Å². The summed E-state index contributed by atoms with van der Waals surface area (Å²) >= 11 is 0. The molecule has 1 N–H and O–H groups in total. The van der Waals surface area contributed by atoms with E-state index in [2.05, 4.69) is 5.32 Å². The van der Waals surface area contributed by atoms with E-state index in [1.165, 1.54) is 10.6 Å². The molecule has 1 aliphatic heterocycles. The minimum absolute atomic E-state index is 0.162. The Hall–Kier alpha value is -3.32. The van der Waals surface area contributed by atoms with Gasteiger partial charge in [-0.3, -0.25) is 9.10 Å². The van der Waals surface area contributed by atoms with Crippen molar-refractivity contribution < 1.29 is 17.9 Å². The number of nitrogens with zero attached hydrogens (tertiary/aromatic N) is 1. The van der Waals surface area contributed by atoms with E-state index >= 15 is 0 Å². The van der Waals surface area contributed by atoms with Crippen molar-refractivity contribution in [2.24, 2.45) is 0 Å². The number of ether oxygens (including phenoxy) is 1. The molecule has 0 aliphatic carbocycles. The number of para-hydroxylation sites is 1. The number of carbonyl (C=O) groups excluding carboxylic acids is 1. The summed E-state index contributed by atoms with van der Waals surface area (Å²) < 4.78 is 31.3. The van der Waals surface area contributed by atoms with Crippen molar-refractivity contribution in [2.75, 3.05) is 15.9 Å². The van der Waals surface area contributed by atoms with E-state index in [0.29, 0.717) is 29.1 Å². The number of benzene rings is 3. The van der Waals surface area contributed by atoms with E-state index in [0.717, 1.165) is 11.3 Å². The summed E-state index contributed by atoms with van der Waals surface area (Å²) in [6, 6.07) is 21.5. The van der Waals surface area contributed by atoms with Gasteiger partial charge in [-0.05, 0) is 73.5 Å². The molecule has 0 radical (unpaired) electrons. The van der Waals surface area contributed by atoms with Gasteiger partial charge in [-0.1, -0.05) is 18.2 Å². The molecule has 0 aromatic heterocycles. The SMILES string of the molecule is C[C@H]1Cc2cc(C(=O)Nc3ccc(Oc4ccccc4)cc3)ccc2N1S(C)(=O)=O.